The fourth-order valence-corrected chi connectivity index (χ4v) is 8.35. The van der Waals surface area contributed by atoms with Crippen molar-refractivity contribution in [2.45, 2.75) is 65.8 Å². The maximum absolute atomic E-state index is 12.6. The van der Waals surface area contributed by atoms with E-state index in [-0.39, 0.29) is 46.2 Å². The number of nitrogens with one attached hydrogen (secondary N) is 2. The molecule has 0 aliphatic carbocycles. The van der Waals surface area contributed by atoms with Crippen LogP contribution in [0.2, 0.25) is 0 Å². The van der Waals surface area contributed by atoms with Crippen molar-refractivity contribution in [1.29, 1.82) is 0 Å². The van der Waals surface area contributed by atoms with Crippen molar-refractivity contribution in [1.82, 2.24) is 15.6 Å². The number of fused-ring (bicyclic) bond motifs is 3. The quantitative estimate of drug-likeness (QED) is 0.00709. The Morgan fingerprint density at radius 2 is 1.36 bits per heavy atom. The van der Waals surface area contributed by atoms with Crippen LogP contribution < -0.4 is 37.3 Å². The molecule has 0 atom stereocenters. The second kappa shape index (κ2) is 43.4. The van der Waals surface area contributed by atoms with Crippen LogP contribution in [0.25, 0.3) is 33.7 Å². The predicted molar refractivity (Wildman–Crippen MR) is 327 cm³/mol. The van der Waals surface area contributed by atoms with E-state index in [1.54, 1.807) is 29.3 Å². The summed E-state index contributed by atoms with van der Waals surface area (Å²) in [6, 6.07) is 27.2. The van der Waals surface area contributed by atoms with Gasteiger partial charge in [0.05, 0.1) is 103 Å². The molecule has 10 N–H and O–H groups in total. The van der Waals surface area contributed by atoms with Crippen molar-refractivity contribution >= 4 is 65.2 Å². The number of carbonyl (C=O) groups excluding carboxylic acids is 3. The van der Waals surface area contributed by atoms with Crippen LogP contribution >= 0.6 is 6.72 Å². The van der Waals surface area contributed by atoms with E-state index < -0.39 is 6.72 Å². The van der Waals surface area contributed by atoms with Crippen LogP contribution in [0.5, 0.6) is 11.5 Å². The third-order valence-corrected chi connectivity index (χ3v) is 12.6. The molecule has 6 rings (SSSR count). The number of methoxy groups -OCH3 is 1. The van der Waals surface area contributed by atoms with Gasteiger partial charge < -0.3 is 88.4 Å². The van der Waals surface area contributed by atoms with Gasteiger partial charge in [-0.15, -0.1) is 0 Å². The molecular weight excluding hydrogens is 1110 g/mol. The number of aldehydes is 1. The number of hydrazine groups is 1. The number of hydrogen-bond donors (Lipinski definition) is 8. The monoisotopic (exact) mass is 1200 g/mol. The third kappa shape index (κ3) is 27.3. The lowest BCUT2D eigenvalue weighted by atomic mass is 9.96. The summed E-state index contributed by atoms with van der Waals surface area (Å²) in [7, 11) is 4.48. The number of phenolic OH excluding ortho intramolecular Hbond substituents is 1. The number of benzene rings is 4. The molecule has 4 aromatic carbocycles. The minimum Gasteiger partial charge on any atom is -0.502 e. The number of carbonyl (C=O) groups is 3. The van der Waals surface area contributed by atoms with Crippen LogP contribution in [0.3, 0.4) is 0 Å². The molecule has 0 spiro atoms. The molecular formula is C59H87N6O16PS. The summed E-state index contributed by atoms with van der Waals surface area (Å²) in [5, 5.41) is 24.7. The summed E-state index contributed by atoms with van der Waals surface area (Å²) in [6.45, 7) is 9.04. The summed E-state index contributed by atoms with van der Waals surface area (Å²) in [4.78, 5) is 64.1. The molecule has 2 amide bonds. The van der Waals surface area contributed by atoms with Crippen LogP contribution in [0, 0.1) is 0 Å². The highest BCUT2D eigenvalue weighted by molar-refractivity contribution is 8.06. The van der Waals surface area contributed by atoms with Crippen molar-refractivity contribution in [3.63, 3.8) is 0 Å². The normalized spacial score (nSPS) is 12.4. The van der Waals surface area contributed by atoms with Crippen molar-refractivity contribution in [3.8, 4) is 22.8 Å². The highest BCUT2D eigenvalue weighted by Crippen LogP contribution is 2.38. The van der Waals surface area contributed by atoms with E-state index in [0.29, 0.717) is 115 Å². The smallest absolute Gasteiger partial charge is 0.321 e. The molecule has 0 radical (unpaired) electrons. The van der Waals surface area contributed by atoms with E-state index >= 15 is 0 Å². The zero-order valence-electron chi connectivity index (χ0n) is 48.8. The van der Waals surface area contributed by atoms with Gasteiger partial charge in [0.15, 0.2) is 16.8 Å². The van der Waals surface area contributed by atoms with Gasteiger partial charge in [-0.25, -0.2) is 5.84 Å². The lowest BCUT2D eigenvalue weighted by molar-refractivity contribution is -0.109. The first-order chi connectivity index (χ1) is 40.2. The topological polar surface area (TPSA) is 310 Å². The summed E-state index contributed by atoms with van der Waals surface area (Å²) < 4.78 is 43.7. The number of nitrogens with two attached hydrogens (primary N) is 2. The standard InChI is InChI=1S/C45H53N5O10.C7H16NO4PS.C4H8O.C2H6.CH4O/c1-49-30-33-7-3-4-8-34(33)42(41(46)35-9-5-6-10-37(35)49)50(47)18-20-56-22-24-58-26-28-59-27-25-57-23-21-55-19-17-48-45(53)32-13-11-31(12-14-32)40-29-38(51)36-15-16-39(54-2)43(52)44(36)60-40;9-7-8-5-3-1-2-4-6-12-13(10,11)14;1-2-3-4-5;2*1-2/h3-16,29,52H,17-28,30,46-47H2,1-2H3,(H,48,53);7H,1-6H2,(H,8,9)(H2,10,11,14);4H,2-3H2,1H3;1-2H3;2H,1H3/b42-41-;;;;. The second-order valence-corrected chi connectivity index (χ2v) is 20.3. The van der Waals surface area contributed by atoms with Gasteiger partial charge in [-0.2, -0.15) is 0 Å². The number of phenols is 1. The number of nitrogens with zero attached hydrogens (tertiary/aromatic N) is 2. The summed E-state index contributed by atoms with van der Waals surface area (Å²) in [5.74, 6) is 6.53. The van der Waals surface area contributed by atoms with Gasteiger partial charge >= 0.3 is 6.72 Å². The van der Waals surface area contributed by atoms with Gasteiger partial charge in [-0.3, -0.25) is 14.4 Å². The molecule has 1 aliphatic rings. The molecule has 22 nitrogen and oxygen atoms in total. The molecule has 1 aliphatic heterocycles. The zero-order chi connectivity index (χ0) is 61.3. The molecule has 1 aromatic heterocycles. The Morgan fingerprint density at radius 3 is 1.94 bits per heavy atom. The molecule has 5 aromatic rings. The van der Waals surface area contributed by atoms with Crippen molar-refractivity contribution in [2.75, 3.05) is 118 Å². The van der Waals surface area contributed by atoms with Gasteiger partial charge in [0.2, 0.25) is 12.2 Å². The first-order valence-electron chi connectivity index (χ1n) is 27.5. The number of unbranched alkanes of at least 4 members (excludes halogenated alkanes) is 4. The van der Waals surface area contributed by atoms with Crippen molar-refractivity contribution in [2.24, 2.45) is 11.6 Å². The molecule has 0 bridgehead atoms. The number of aromatic hydroxyl groups is 1. The second-order valence-electron chi connectivity index (χ2n) is 17.6. The molecule has 460 valence electrons. The molecule has 24 heteroatoms. The third-order valence-electron chi connectivity index (χ3n) is 11.8. The largest absolute Gasteiger partial charge is 0.502 e. The van der Waals surface area contributed by atoms with Gasteiger partial charge in [-0.05, 0) is 67.0 Å². The highest BCUT2D eigenvalue weighted by Gasteiger charge is 2.23. The van der Waals surface area contributed by atoms with E-state index in [4.69, 9.17) is 59.3 Å². The van der Waals surface area contributed by atoms with Gasteiger partial charge in [0.1, 0.15) is 12.0 Å². The number of para-hydroxylation sites is 1. The lowest BCUT2D eigenvalue weighted by Crippen LogP contribution is -2.36. The first-order valence-corrected chi connectivity index (χ1v) is 30.1. The maximum atomic E-state index is 12.6. The molecule has 83 heavy (non-hydrogen) atoms. The molecule has 0 unspecified atom stereocenters. The minimum absolute atomic E-state index is 0.0307. The van der Waals surface area contributed by atoms with Gasteiger partial charge in [0.25, 0.3) is 5.91 Å². The molecule has 0 fully saturated rings. The fraction of sp³-hybridized carbons (Fsp3) is 0.458. The number of anilines is 1. The Bertz CT molecular complexity index is 2770. The molecule has 0 saturated carbocycles. The van der Waals surface area contributed by atoms with Crippen LogP contribution in [-0.4, -0.2) is 157 Å². The van der Waals surface area contributed by atoms with Crippen molar-refractivity contribution in [3.05, 3.63) is 123 Å². The first kappa shape index (κ1) is 72.8. The Morgan fingerprint density at radius 1 is 0.783 bits per heavy atom. The Hall–Kier alpha value is -6.31. The van der Waals surface area contributed by atoms with Crippen LogP contribution in [-0.2, 0) is 56.1 Å². The van der Waals surface area contributed by atoms with E-state index in [9.17, 15) is 24.3 Å². The number of rotatable bonds is 33. The maximum Gasteiger partial charge on any atom is 0.321 e. The van der Waals surface area contributed by atoms with E-state index in [1.165, 1.54) is 25.3 Å². The predicted octanol–water partition coefficient (Wildman–Crippen LogP) is 6.74. The Kier molecular flexibility index (Phi) is 38.0. The van der Waals surface area contributed by atoms with E-state index in [2.05, 4.69) is 57.1 Å². The Labute approximate surface area is 492 Å². The van der Waals surface area contributed by atoms with E-state index in [1.807, 2.05) is 51.1 Å². The molecule has 0 saturated heterocycles. The average molecular weight is 1200 g/mol. The average Bonchev–Trinajstić information content (AvgIpc) is 3.69. The number of ether oxygens (including phenoxy) is 6. The SMILES string of the molecule is CC.CCCC=O.CO.COc1ccc2c(=O)cc(-c3ccc(C(=O)NCCOCCOCCOCCOCCOCCN(N)/C4=C(\N)c5ccccc5N(C)Cc5ccccc54)cc3)oc2c1O.O=CNCCCCCCOP(O)(O)=S. The summed E-state index contributed by atoms with van der Waals surface area (Å²) in [5.41, 5.74) is 13.1. The van der Waals surface area contributed by atoms with Gasteiger partial charge in [-0.1, -0.05) is 88.2 Å². The number of amides is 2. The number of hydrogen-bond acceptors (Lipinski definition) is 19. The summed E-state index contributed by atoms with van der Waals surface area (Å²) in [6.07, 6.45) is 6.87. The minimum atomic E-state index is -3.46. The van der Waals surface area contributed by atoms with Crippen LogP contribution in [0.1, 0.15) is 86.3 Å². The van der Waals surface area contributed by atoms with Gasteiger partial charge in [0, 0.05) is 74.2 Å². The van der Waals surface area contributed by atoms with Crippen molar-refractivity contribution < 1.29 is 71.7 Å². The lowest BCUT2D eigenvalue weighted by Gasteiger charge is -2.32. The van der Waals surface area contributed by atoms with Crippen LogP contribution in [0.15, 0.2) is 100 Å². The molecule has 2 heterocycles. The Balaban J connectivity index is 0.000000865. The van der Waals surface area contributed by atoms with Crippen LogP contribution in [0.4, 0.5) is 5.69 Å². The fourth-order valence-electron chi connectivity index (χ4n) is 7.76. The number of aliphatic hydroxyl groups excluding tert-OH is 1. The van der Waals surface area contributed by atoms with E-state index in [0.717, 1.165) is 80.1 Å². The highest BCUT2D eigenvalue weighted by atomic mass is 32.5. The zero-order valence-corrected chi connectivity index (χ0v) is 50.5. The number of aliphatic hydroxyl groups is 1. The summed E-state index contributed by atoms with van der Waals surface area (Å²) >= 11 is 4.27.